The largest absolute Gasteiger partial charge is 0.506 e. The number of anilines is 1. The van der Waals surface area contributed by atoms with E-state index in [1.807, 2.05) is 42.5 Å². The van der Waals surface area contributed by atoms with E-state index >= 15 is 0 Å². The molecule has 1 atom stereocenters. The number of phenolic OH excluding ortho intramolecular Hbond substituents is 1. The van der Waals surface area contributed by atoms with Gasteiger partial charge in [-0.25, -0.2) is 0 Å². The Hall–Kier alpha value is -1.75. The average Bonchev–Trinajstić information content (AvgIpc) is 2.56. The molecule has 1 fully saturated rings. The number of hydrogen-bond acceptors (Lipinski definition) is 4. The highest BCUT2D eigenvalue weighted by molar-refractivity contribution is 6.30. The van der Waals surface area contributed by atoms with Crippen LogP contribution < -0.4 is 4.90 Å². The van der Waals surface area contributed by atoms with Gasteiger partial charge in [-0.2, -0.15) is 0 Å². The molecule has 4 nitrogen and oxygen atoms in total. The first kappa shape index (κ1) is 16.1. The first-order valence-electron chi connectivity index (χ1n) is 7.82. The molecule has 0 amide bonds. The quantitative estimate of drug-likeness (QED) is 0.903. The lowest BCUT2D eigenvalue weighted by atomic mass is 10.1. The standard InChI is InChI=1S/C18H21ClN2O2/c19-15-5-3-4-14(12-15)18(23)13-20-8-10-21(11-9-20)16-6-1-2-7-17(16)22/h1-7,12,18,22-23H,8-11,13H2. The third kappa shape index (κ3) is 3.96. The maximum Gasteiger partial charge on any atom is 0.138 e. The molecule has 2 N–H and O–H groups in total. The molecule has 0 aromatic heterocycles. The molecule has 0 aliphatic carbocycles. The average molecular weight is 333 g/mol. The molecular formula is C18H21ClN2O2. The van der Waals surface area contributed by atoms with E-state index in [-0.39, 0.29) is 0 Å². The summed E-state index contributed by atoms with van der Waals surface area (Å²) in [5, 5.41) is 21.0. The van der Waals surface area contributed by atoms with Crippen molar-refractivity contribution in [2.75, 3.05) is 37.6 Å². The molecule has 0 radical (unpaired) electrons. The second-order valence-electron chi connectivity index (χ2n) is 5.85. The maximum absolute atomic E-state index is 10.4. The number of para-hydroxylation sites is 2. The van der Waals surface area contributed by atoms with Crippen LogP contribution in [0.2, 0.25) is 5.02 Å². The number of aliphatic hydroxyl groups excluding tert-OH is 1. The lowest BCUT2D eigenvalue weighted by Crippen LogP contribution is -2.47. The molecule has 2 aromatic rings. The number of halogens is 1. The number of benzene rings is 2. The summed E-state index contributed by atoms with van der Waals surface area (Å²) in [7, 11) is 0. The molecule has 0 saturated carbocycles. The number of rotatable bonds is 4. The van der Waals surface area contributed by atoms with E-state index in [4.69, 9.17) is 11.6 Å². The van der Waals surface area contributed by atoms with Gasteiger partial charge in [0, 0.05) is 37.7 Å². The Bertz CT molecular complexity index is 657. The van der Waals surface area contributed by atoms with Crippen molar-refractivity contribution in [1.29, 1.82) is 0 Å². The molecule has 0 bridgehead atoms. The molecule has 1 aliphatic rings. The van der Waals surface area contributed by atoms with Crippen molar-refractivity contribution in [2.24, 2.45) is 0 Å². The Balaban J connectivity index is 1.56. The number of aromatic hydroxyl groups is 1. The van der Waals surface area contributed by atoms with Crippen LogP contribution in [0.25, 0.3) is 0 Å². The minimum absolute atomic E-state index is 0.319. The smallest absolute Gasteiger partial charge is 0.138 e. The Labute approximate surface area is 141 Å². The zero-order chi connectivity index (χ0) is 16.2. The van der Waals surface area contributed by atoms with Crippen LogP contribution in [0.5, 0.6) is 5.75 Å². The van der Waals surface area contributed by atoms with E-state index in [0.29, 0.717) is 17.3 Å². The molecule has 23 heavy (non-hydrogen) atoms. The molecule has 1 saturated heterocycles. The van der Waals surface area contributed by atoms with E-state index < -0.39 is 6.10 Å². The van der Waals surface area contributed by atoms with Gasteiger partial charge in [0.05, 0.1) is 11.8 Å². The van der Waals surface area contributed by atoms with Crippen LogP contribution in [-0.2, 0) is 0 Å². The van der Waals surface area contributed by atoms with Crippen LogP contribution in [0.4, 0.5) is 5.69 Å². The summed E-state index contributed by atoms with van der Waals surface area (Å²) in [6.45, 7) is 3.96. The summed E-state index contributed by atoms with van der Waals surface area (Å²) in [6, 6.07) is 14.8. The number of piperazine rings is 1. The predicted octanol–water partition coefficient (Wildman–Crippen LogP) is 2.90. The van der Waals surface area contributed by atoms with Gasteiger partial charge < -0.3 is 15.1 Å². The fraction of sp³-hybridized carbons (Fsp3) is 0.333. The van der Waals surface area contributed by atoms with Crippen molar-refractivity contribution in [2.45, 2.75) is 6.10 Å². The summed E-state index contributed by atoms with van der Waals surface area (Å²) < 4.78 is 0. The Morgan fingerprint density at radius 3 is 2.43 bits per heavy atom. The van der Waals surface area contributed by atoms with Crippen LogP contribution in [0.1, 0.15) is 11.7 Å². The van der Waals surface area contributed by atoms with Gasteiger partial charge in [-0.05, 0) is 29.8 Å². The van der Waals surface area contributed by atoms with Gasteiger partial charge in [-0.3, -0.25) is 4.90 Å². The molecule has 3 rings (SSSR count). The number of nitrogens with zero attached hydrogens (tertiary/aromatic N) is 2. The van der Waals surface area contributed by atoms with Crippen molar-refractivity contribution >= 4 is 17.3 Å². The number of aliphatic hydroxyl groups is 1. The summed E-state index contributed by atoms with van der Waals surface area (Å²) in [5.41, 5.74) is 1.73. The molecule has 1 heterocycles. The van der Waals surface area contributed by atoms with E-state index in [1.165, 1.54) is 0 Å². The maximum atomic E-state index is 10.4. The Kier molecular flexibility index (Phi) is 5.06. The first-order chi connectivity index (χ1) is 11.1. The van der Waals surface area contributed by atoms with Gasteiger partial charge in [0.1, 0.15) is 5.75 Å². The third-order valence-corrected chi connectivity index (χ3v) is 4.49. The third-order valence-electron chi connectivity index (χ3n) is 4.26. The van der Waals surface area contributed by atoms with Gasteiger partial charge in [0.25, 0.3) is 0 Å². The van der Waals surface area contributed by atoms with Crippen molar-refractivity contribution in [3.63, 3.8) is 0 Å². The van der Waals surface area contributed by atoms with Gasteiger partial charge in [-0.1, -0.05) is 35.9 Å². The second kappa shape index (κ2) is 7.21. The van der Waals surface area contributed by atoms with Crippen LogP contribution in [-0.4, -0.2) is 47.8 Å². The van der Waals surface area contributed by atoms with Crippen molar-refractivity contribution < 1.29 is 10.2 Å². The normalized spacial score (nSPS) is 17.2. The summed E-state index contributed by atoms with van der Waals surface area (Å²) in [5.74, 6) is 0.319. The van der Waals surface area contributed by atoms with Crippen LogP contribution >= 0.6 is 11.6 Å². The zero-order valence-electron chi connectivity index (χ0n) is 12.9. The van der Waals surface area contributed by atoms with Crippen molar-refractivity contribution in [3.05, 3.63) is 59.1 Å². The van der Waals surface area contributed by atoms with Gasteiger partial charge >= 0.3 is 0 Å². The van der Waals surface area contributed by atoms with Crippen LogP contribution in [0.15, 0.2) is 48.5 Å². The van der Waals surface area contributed by atoms with E-state index in [9.17, 15) is 10.2 Å². The topological polar surface area (TPSA) is 46.9 Å². The van der Waals surface area contributed by atoms with Gasteiger partial charge in [0.15, 0.2) is 0 Å². The predicted molar refractivity (Wildman–Crippen MR) is 93.2 cm³/mol. The monoisotopic (exact) mass is 332 g/mol. The highest BCUT2D eigenvalue weighted by Gasteiger charge is 2.21. The number of β-amino-alcohol motifs (C(OH)–C–C–N with tert-alkyl or cyclic N) is 1. The van der Waals surface area contributed by atoms with E-state index in [2.05, 4.69) is 9.80 Å². The Morgan fingerprint density at radius 1 is 1.00 bits per heavy atom. The Morgan fingerprint density at radius 2 is 1.74 bits per heavy atom. The zero-order valence-corrected chi connectivity index (χ0v) is 13.7. The summed E-state index contributed by atoms with van der Waals surface area (Å²) >= 11 is 5.98. The lowest BCUT2D eigenvalue weighted by Gasteiger charge is -2.37. The summed E-state index contributed by atoms with van der Waals surface area (Å²) in [4.78, 5) is 4.42. The van der Waals surface area contributed by atoms with Crippen molar-refractivity contribution in [1.82, 2.24) is 4.90 Å². The molecule has 5 heteroatoms. The van der Waals surface area contributed by atoms with Gasteiger partial charge in [0.2, 0.25) is 0 Å². The molecule has 1 unspecified atom stereocenters. The molecular weight excluding hydrogens is 312 g/mol. The van der Waals surface area contributed by atoms with Crippen LogP contribution in [0.3, 0.4) is 0 Å². The molecule has 1 aliphatic heterocycles. The van der Waals surface area contributed by atoms with E-state index in [1.54, 1.807) is 6.07 Å². The minimum atomic E-state index is -0.537. The first-order valence-corrected chi connectivity index (χ1v) is 8.20. The number of phenols is 1. The fourth-order valence-corrected chi connectivity index (χ4v) is 3.17. The van der Waals surface area contributed by atoms with Crippen molar-refractivity contribution in [3.8, 4) is 5.75 Å². The lowest BCUT2D eigenvalue weighted by molar-refractivity contribution is 0.109. The highest BCUT2D eigenvalue weighted by Crippen LogP contribution is 2.27. The second-order valence-corrected chi connectivity index (χ2v) is 6.28. The molecule has 0 spiro atoms. The van der Waals surface area contributed by atoms with Gasteiger partial charge in [-0.15, -0.1) is 0 Å². The SMILES string of the molecule is Oc1ccccc1N1CCN(CC(O)c2cccc(Cl)c2)CC1. The number of hydrogen-bond donors (Lipinski definition) is 2. The highest BCUT2D eigenvalue weighted by atomic mass is 35.5. The van der Waals surface area contributed by atoms with Crippen LogP contribution in [0, 0.1) is 0 Å². The molecule has 122 valence electrons. The molecule has 2 aromatic carbocycles. The summed E-state index contributed by atoms with van der Waals surface area (Å²) in [6.07, 6.45) is -0.537. The van der Waals surface area contributed by atoms with E-state index in [0.717, 1.165) is 37.4 Å². The fourth-order valence-electron chi connectivity index (χ4n) is 2.97. The minimum Gasteiger partial charge on any atom is -0.506 e.